The number of carbonyl (C=O) groups is 1. The van der Waals surface area contributed by atoms with E-state index in [2.05, 4.69) is 5.48 Å². The molecular formula is C18H20F3NO6. The summed E-state index contributed by atoms with van der Waals surface area (Å²) < 4.78 is 57.8. The molecule has 0 radical (unpaired) electrons. The van der Waals surface area contributed by atoms with E-state index in [1.807, 2.05) is 6.08 Å². The molecule has 0 amide bonds. The Morgan fingerprint density at radius 1 is 1.29 bits per heavy atom. The van der Waals surface area contributed by atoms with Crippen LogP contribution in [0.5, 0.6) is 11.5 Å². The van der Waals surface area contributed by atoms with Crippen LogP contribution in [0.3, 0.4) is 0 Å². The van der Waals surface area contributed by atoms with Crippen molar-refractivity contribution in [1.29, 1.82) is 0 Å². The van der Waals surface area contributed by atoms with E-state index < -0.39 is 31.0 Å². The van der Waals surface area contributed by atoms with E-state index in [0.717, 1.165) is 0 Å². The molecule has 10 heteroatoms. The molecule has 154 valence electrons. The van der Waals surface area contributed by atoms with Crippen LogP contribution in [0.25, 0.3) is 5.70 Å². The molecule has 1 saturated heterocycles. The van der Waals surface area contributed by atoms with E-state index in [0.29, 0.717) is 30.9 Å². The molecule has 1 spiro atoms. The molecule has 1 fully saturated rings. The van der Waals surface area contributed by atoms with Crippen LogP contribution in [0.4, 0.5) is 13.2 Å². The quantitative estimate of drug-likeness (QED) is 0.702. The molecule has 1 atom stereocenters. The van der Waals surface area contributed by atoms with Crippen molar-refractivity contribution in [2.45, 2.75) is 25.1 Å². The highest BCUT2D eigenvalue weighted by molar-refractivity contribution is 5.72. The van der Waals surface area contributed by atoms with E-state index in [1.165, 1.54) is 12.1 Å². The summed E-state index contributed by atoms with van der Waals surface area (Å²) in [5, 5.41) is 0. The maximum Gasteiger partial charge on any atom is 0.422 e. The summed E-state index contributed by atoms with van der Waals surface area (Å²) in [4.78, 5) is 17.1. The van der Waals surface area contributed by atoms with Crippen LogP contribution in [0.15, 0.2) is 24.3 Å². The number of hydrogen-bond acceptors (Lipinski definition) is 7. The first-order valence-corrected chi connectivity index (χ1v) is 8.67. The number of carbonyl (C=O) groups excluding carboxylic acids is 1. The van der Waals surface area contributed by atoms with Crippen molar-refractivity contribution in [1.82, 2.24) is 5.48 Å². The fraction of sp³-hybridized carbons (Fsp3) is 0.500. The van der Waals surface area contributed by atoms with Crippen molar-refractivity contribution in [3.05, 3.63) is 29.8 Å². The largest absolute Gasteiger partial charge is 0.480 e. The molecule has 0 aliphatic carbocycles. The number of esters is 1. The minimum Gasteiger partial charge on any atom is -0.480 e. The summed E-state index contributed by atoms with van der Waals surface area (Å²) in [6.45, 7) is 0.842. The lowest BCUT2D eigenvalue weighted by molar-refractivity contribution is -0.154. The Morgan fingerprint density at radius 3 is 2.79 bits per heavy atom. The maximum absolute atomic E-state index is 12.5. The summed E-state index contributed by atoms with van der Waals surface area (Å²) in [6.07, 6.45) is -1.96. The minimum absolute atomic E-state index is 0.0128. The van der Waals surface area contributed by atoms with Crippen LogP contribution in [0, 0.1) is 0 Å². The third-order valence-electron chi connectivity index (χ3n) is 4.08. The summed E-state index contributed by atoms with van der Waals surface area (Å²) >= 11 is 0. The summed E-state index contributed by atoms with van der Waals surface area (Å²) in [7, 11) is 0. The molecule has 0 bridgehead atoms. The molecule has 2 aliphatic heterocycles. The minimum atomic E-state index is -4.50. The van der Waals surface area contributed by atoms with Gasteiger partial charge in [0.05, 0.1) is 18.9 Å². The average molecular weight is 403 g/mol. The first kappa shape index (κ1) is 20.3. The molecule has 3 rings (SSSR count). The molecule has 1 aromatic carbocycles. The molecule has 1 aromatic rings. The van der Waals surface area contributed by atoms with Gasteiger partial charge >= 0.3 is 12.1 Å². The Bertz CT molecular complexity index is 743. The molecule has 1 N–H and O–H groups in total. The van der Waals surface area contributed by atoms with Crippen LogP contribution in [0.2, 0.25) is 0 Å². The van der Waals surface area contributed by atoms with Gasteiger partial charge in [0.15, 0.2) is 24.7 Å². The first-order valence-electron chi connectivity index (χ1n) is 8.67. The number of hydrogen-bond donors (Lipinski definition) is 1. The van der Waals surface area contributed by atoms with E-state index in [-0.39, 0.29) is 18.1 Å². The van der Waals surface area contributed by atoms with Gasteiger partial charge in [-0.05, 0) is 31.2 Å². The van der Waals surface area contributed by atoms with Gasteiger partial charge in [0.1, 0.15) is 5.60 Å². The average Bonchev–Trinajstić information content (AvgIpc) is 3.28. The van der Waals surface area contributed by atoms with Crippen molar-refractivity contribution in [3.63, 3.8) is 0 Å². The Labute approximate surface area is 159 Å². The molecule has 0 aromatic heterocycles. The molecule has 1 unspecified atom stereocenters. The highest BCUT2D eigenvalue weighted by atomic mass is 19.4. The Morgan fingerprint density at radius 2 is 2.11 bits per heavy atom. The first-order chi connectivity index (χ1) is 13.3. The van der Waals surface area contributed by atoms with Gasteiger partial charge in [0, 0.05) is 18.6 Å². The zero-order chi connectivity index (χ0) is 20.2. The Hall–Kier alpha value is -2.46. The van der Waals surface area contributed by atoms with Gasteiger partial charge in [0.2, 0.25) is 0 Å². The number of alkyl halides is 3. The van der Waals surface area contributed by atoms with Gasteiger partial charge in [-0.2, -0.15) is 13.2 Å². The second kappa shape index (κ2) is 8.27. The van der Waals surface area contributed by atoms with Crippen molar-refractivity contribution in [2.24, 2.45) is 0 Å². The van der Waals surface area contributed by atoms with E-state index in [4.69, 9.17) is 23.8 Å². The van der Waals surface area contributed by atoms with Crippen molar-refractivity contribution < 1.29 is 41.8 Å². The molecule has 2 aliphatic rings. The van der Waals surface area contributed by atoms with E-state index in [9.17, 15) is 18.0 Å². The third kappa shape index (κ3) is 5.08. The molecular weight excluding hydrogens is 383 g/mol. The third-order valence-corrected chi connectivity index (χ3v) is 4.08. The molecule has 0 saturated carbocycles. The predicted octanol–water partition coefficient (Wildman–Crippen LogP) is 2.60. The summed E-state index contributed by atoms with van der Waals surface area (Å²) in [6, 6.07) is 4.39. The monoisotopic (exact) mass is 403 g/mol. The maximum atomic E-state index is 12.5. The fourth-order valence-corrected chi connectivity index (χ4v) is 2.78. The van der Waals surface area contributed by atoms with Crippen LogP contribution in [-0.4, -0.2) is 50.8 Å². The topological polar surface area (TPSA) is 75.3 Å². The lowest BCUT2D eigenvalue weighted by Gasteiger charge is -2.16. The second-order valence-electron chi connectivity index (χ2n) is 6.29. The second-order valence-corrected chi connectivity index (χ2v) is 6.29. The number of nitrogens with one attached hydrogen (secondary N) is 1. The van der Waals surface area contributed by atoms with Crippen LogP contribution >= 0.6 is 0 Å². The number of rotatable bonds is 7. The van der Waals surface area contributed by atoms with Crippen LogP contribution < -0.4 is 15.0 Å². The standard InChI is InChI=1S/C18H20F3NO6/c1-2-25-16(23)9-26-15-7-12(3-4-14(15)27-11-18(19,20)21)13-8-17(28-22-13)5-6-24-10-17/h3-4,7-8,22H,2,5-6,9-11H2,1H3. The van der Waals surface area contributed by atoms with Gasteiger partial charge in [-0.25, -0.2) is 4.79 Å². The predicted molar refractivity (Wildman–Crippen MR) is 90.5 cm³/mol. The van der Waals surface area contributed by atoms with Crippen molar-refractivity contribution in [2.75, 3.05) is 33.0 Å². The zero-order valence-corrected chi connectivity index (χ0v) is 15.1. The SMILES string of the molecule is CCOC(=O)COc1cc(C2=CC3(CCOC3)ON2)ccc1OCC(F)(F)F. The van der Waals surface area contributed by atoms with Gasteiger partial charge in [0.25, 0.3) is 0 Å². The van der Waals surface area contributed by atoms with Gasteiger partial charge < -0.3 is 18.9 Å². The molecule has 28 heavy (non-hydrogen) atoms. The van der Waals surface area contributed by atoms with Gasteiger partial charge in [-0.1, -0.05) is 0 Å². The molecule has 7 nitrogen and oxygen atoms in total. The summed E-state index contributed by atoms with van der Waals surface area (Å²) in [5.74, 6) is -0.789. The number of benzene rings is 1. The summed E-state index contributed by atoms with van der Waals surface area (Å²) in [5.41, 5.74) is 3.46. The van der Waals surface area contributed by atoms with Crippen LogP contribution in [-0.2, 0) is 19.1 Å². The van der Waals surface area contributed by atoms with E-state index >= 15 is 0 Å². The van der Waals surface area contributed by atoms with Crippen LogP contribution in [0.1, 0.15) is 18.9 Å². The molecule has 2 heterocycles. The van der Waals surface area contributed by atoms with Gasteiger partial charge in [-0.3, -0.25) is 10.3 Å². The zero-order valence-electron chi connectivity index (χ0n) is 15.1. The smallest absolute Gasteiger partial charge is 0.422 e. The fourth-order valence-electron chi connectivity index (χ4n) is 2.78. The lowest BCUT2D eigenvalue weighted by atomic mass is 10.0. The Balaban J connectivity index is 1.80. The van der Waals surface area contributed by atoms with E-state index in [1.54, 1.807) is 13.0 Å². The highest BCUT2D eigenvalue weighted by Crippen LogP contribution is 2.36. The number of ether oxygens (including phenoxy) is 4. The van der Waals surface area contributed by atoms with Crippen molar-refractivity contribution in [3.8, 4) is 11.5 Å². The number of hydroxylamine groups is 1. The normalized spacial score (nSPS) is 21.4. The van der Waals surface area contributed by atoms with Gasteiger partial charge in [-0.15, -0.1) is 0 Å². The number of halogens is 3. The highest BCUT2D eigenvalue weighted by Gasteiger charge is 2.39. The Kier molecular flexibility index (Phi) is 5.99. The lowest BCUT2D eigenvalue weighted by Crippen LogP contribution is -2.29. The van der Waals surface area contributed by atoms with Crippen molar-refractivity contribution >= 4 is 11.7 Å².